The fourth-order valence-electron chi connectivity index (χ4n) is 5.81. The van der Waals surface area contributed by atoms with Crippen LogP contribution in [0, 0.1) is 5.92 Å². The maximum absolute atomic E-state index is 11.8. The number of nitrogens with zero attached hydrogens (tertiary/aromatic N) is 1. The van der Waals surface area contributed by atoms with Crippen LogP contribution in [-0.2, 0) is 27.4 Å². The number of carbonyl (C=O) groups is 1. The van der Waals surface area contributed by atoms with Gasteiger partial charge in [-0.2, -0.15) is 0 Å². The minimum Gasteiger partial charge on any atom is -0.445 e. The molecule has 46 heavy (non-hydrogen) atoms. The Labute approximate surface area is 272 Å². The van der Waals surface area contributed by atoms with Crippen LogP contribution in [0.1, 0.15) is 60.1 Å². The number of nitrogens with one attached hydrogen (secondary N) is 1. The molecule has 0 aromatic heterocycles. The third kappa shape index (κ3) is 8.30. The zero-order valence-electron chi connectivity index (χ0n) is 26.8. The maximum Gasteiger partial charge on any atom is 0.407 e. The van der Waals surface area contributed by atoms with Crippen LogP contribution in [-0.4, -0.2) is 42.4 Å². The lowest BCUT2D eigenvalue weighted by molar-refractivity contribution is -0.276. The number of amides is 1. The zero-order valence-corrected chi connectivity index (χ0v) is 26.8. The Bertz CT molecular complexity index is 1560. The van der Waals surface area contributed by atoms with E-state index in [-0.39, 0.29) is 37.4 Å². The van der Waals surface area contributed by atoms with Gasteiger partial charge in [0.05, 0.1) is 18.8 Å². The van der Waals surface area contributed by atoms with Gasteiger partial charge in [-0.05, 0) is 53.4 Å². The van der Waals surface area contributed by atoms with Crippen LogP contribution in [0.25, 0.3) is 11.1 Å². The average Bonchev–Trinajstić information content (AvgIpc) is 3.11. The van der Waals surface area contributed by atoms with Crippen molar-refractivity contribution < 1.29 is 24.1 Å². The highest BCUT2D eigenvalue weighted by Crippen LogP contribution is 2.42. The Morgan fingerprint density at radius 1 is 0.935 bits per heavy atom. The fraction of sp³-hybridized carbons (Fsp3) is 0.308. The van der Waals surface area contributed by atoms with Gasteiger partial charge in [-0.25, -0.2) is 4.79 Å². The molecule has 1 saturated heterocycles. The molecular formula is C39H44N2O5. The summed E-state index contributed by atoms with van der Waals surface area (Å²) in [6.07, 6.45) is 0.251. The molecule has 7 heteroatoms. The van der Waals surface area contributed by atoms with Crippen LogP contribution >= 0.6 is 0 Å². The Kier molecular flexibility index (Phi) is 11.4. The number of alkyl carbamates (subject to hydrolysis) is 1. The molecule has 5 atom stereocenters. The summed E-state index contributed by atoms with van der Waals surface area (Å²) in [7, 11) is 2.14. The molecule has 1 fully saturated rings. The number of likely N-dealkylation sites (N-methyl/N-ethyl adjacent to an activating group) is 1. The summed E-state index contributed by atoms with van der Waals surface area (Å²) in [5, 5.41) is 12.4. The second-order valence-corrected chi connectivity index (χ2v) is 11.9. The third-order valence-electron chi connectivity index (χ3n) is 8.75. The molecule has 0 saturated carbocycles. The summed E-state index contributed by atoms with van der Waals surface area (Å²) in [5.74, 6) is 0.0892. The van der Waals surface area contributed by atoms with Crippen molar-refractivity contribution in [1.29, 1.82) is 0 Å². The molecule has 7 nitrogen and oxygen atoms in total. The first kappa shape index (κ1) is 33.1. The normalized spacial score (nSPS) is 20.2. The largest absolute Gasteiger partial charge is 0.445 e. The van der Waals surface area contributed by atoms with Crippen LogP contribution in [0.2, 0.25) is 0 Å². The minimum absolute atomic E-state index is 0.00588. The molecule has 2 N–H and O–H groups in total. The lowest BCUT2D eigenvalue weighted by Crippen LogP contribution is -2.44. The molecule has 4 aromatic carbocycles. The molecule has 5 unspecified atom stereocenters. The van der Waals surface area contributed by atoms with Crippen molar-refractivity contribution in [1.82, 2.24) is 10.2 Å². The van der Waals surface area contributed by atoms with Gasteiger partial charge in [-0.15, -0.1) is 0 Å². The Hall–Kier alpha value is -4.27. The van der Waals surface area contributed by atoms with Gasteiger partial charge >= 0.3 is 6.09 Å². The number of aliphatic hydroxyl groups is 1. The first-order valence-corrected chi connectivity index (χ1v) is 15.8. The Balaban J connectivity index is 1.34. The zero-order chi connectivity index (χ0) is 32.5. The molecule has 1 heterocycles. The topological polar surface area (TPSA) is 80.3 Å². The van der Waals surface area contributed by atoms with Crippen molar-refractivity contribution in [3.63, 3.8) is 0 Å². The minimum atomic E-state index is -0.546. The number of ether oxygens (including phenoxy) is 3. The molecule has 1 aliphatic rings. The van der Waals surface area contributed by atoms with E-state index in [2.05, 4.69) is 98.4 Å². The summed E-state index contributed by atoms with van der Waals surface area (Å²) in [6, 6.07) is 35.1. The van der Waals surface area contributed by atoms with Crippen LogP contribution in [0.3, 0.4) is 0 Å². The van der Waals surface area contributed by atoms with E-state index in [1.807, 2.05) is 42.5 Å². The monoisotopic (exact) mass is 620 g/mol. The van der Waals surface area contributed by atoms with Gasteiger partial charge in [-0.1, -0.05) is 117 Å². The van der Waals surface area contributed by atoms with Crippen molar-refractivity contribution in [2.45, 2.75) is 51.5 Å². The van der Waals surface area contributed by atoms with Crippen LogP contribution in [0.4, 0.5) is 4.79 Å². The number of aliphatic hydroxyl groups excluding tert-OH is 1. The third-order valence-corrected chi connectivity index (χ3v) is 8.75. The Morgan fingerprint density at radius 3 is 2.35 bits per heavy atom. The van der Waals surface area contributed by atoms with Gasteiger partial charge in [0.2, 0.25) is 0 Å². The number of hydrogen-bond donors (Lipinski definition) is 2. The van der Waals surface area contributed by atoms with Crippen LogP contribution < -0.4 is 5.32 Å². The first-order valence-electron chi connectivity index (χ1n) is 15.8. The molecule has 5 rings (SSSR count). The van der Waals surface area contributed by atoms with Gasteiger partial charge in [0.1, 0.15) is 6.61 Å². The standard InChI is InChI=1S/C39H44N2O5/c1-5-22-44-39(43)40-24-30-10-9-13-35(23-30)32-18-20-34(21-19-32)38-45-36(25-41(4)28(3)31-11-7-6-8-12-31)27(2)37(46-38)33-16-14-29(26-42)15-17-33/h5-21,23,27-28,36-38,42H,1,22,24-26H2,2-4H3,(H,40,43). The summed E-state index contributed by atoms with van der Waals surface area (Å²) in [4.78, 5) is 14.2. The molecule has 0 bridgehead atoms. The summed E-state index contributed by atoms with van der Waals surface area (Å²) >= 11 is 0. The second kappa shape index (κ2) is 15.8. The van der Waals surface area contributed by atoms with Gasteiger partial charge in [0, 0.05) is 30.6 Å². The predicted molar refractivity (Wildman–Crippen MR) is 181 cm³/mol. The van der Waals surface area contributed by atoms with Crippen molar-refractivity contribution in [2.24, 2.45) is 5.92 Å². The number of benzene rings is 4. The van der Waals surface area contributed by atoms with Crippen molar-refractivity contribution in [3.8, 4) is 11.1 Å². The number of rotatable bonds is 12. The summed E-state index contributed by atoms with van der Waals surface area (Å²) in [5.41, 5.74) is 7.21. The van der Waals surface area contributed by atoms with Gasteiger partial charge in [0.15, 0.2) is 6.29 Å². The summed E-state index contributed by atoms with van der Waals surface area (Å²) in [6.45, 7) is 9.26. The Morgan fingerprint density at radius 2 is 1.65 bits per heavy atom. The molecular weight excluding hydrogens is 576 g/mol. The highest BCUT2D eigenvalue weighted by Gasteiger charge is 2.39. The van der Waals surface area contributed by atoms with E-state index in [9.17, 15) is 9.90 Å². The smallest absolute Gasteiger partial charge is 0.407 e. The van der Waals surface area contributed by atoms with Crippen molar-refractivity contribution in [3.05, 3.63) is 144 Å². The summed E-state index contributed by atoms with van der Waals surface area (Å²) < 4.78 is 18.4. The molecule has 240 valence electrons. The van der Waals surface area contributed by atoms with E-state index in [0.717, 1.165) is 39.9 Å². The van der Waals surface area contributed by atoms with Gasteiger partial charge in [-0.3, -0.25) is 4.90 Å². The predicted octanol–water partition coefficient (Wildman–Crippen LogP) is 7.74. The maximum atomic E-state index is 11.8. The molecule has 0 radical (unpaired) electrons. The van der Waals surface area contributed by atoms with Crippen molar-refractivity contribution in [2.75, 3.05) is 20.2 Å². The highest BCUT2D eigenvalue weighted by atomic mass is 16.7. The lowest BCUT2D eigenvalue weighted by atomic mass is 9.89. The molecule has 0 spiro atoms. The molecule has 1 amide bonds. The molecule has 0 aliphatic carbocycles. The fourth-order valence-corrected chi connectivity index (χ4v) is 5.81. The first-order chi connectivity index (χ1) is 22.4. The van der Waals surface area contributed by atoms with Crippen molar-refractivity contribution >= 4 is 6.09 Å². The van der Waals surface area contributed by atoms with E-state index in [1.165, 1.54) is 11.6 Å². The van der Waals surface area contributed by atoms with E-state index in [1.54, 1.807) is 0 Å². The van der Waals surface area contributed by atoms with E-state index < -0.39 is 12.4 Å². The van der Waals surface area contributed by atoms with Crippen LogP contribution in [0.5, 0.6) is 0 Å². The highest BCUT2D eigenvalue weighted by molar-refractivity contribution is 5.68. The van der Waals surface area contributed by atoms with E-state index >= 15 is 0 Å². The average molecular weight is 621 g/mol. The van der Waals surface area contributed by atoms with E-state index in [0.29, 0.717) is 6.54 Å². The molecule has 4 aromatic rings. The quantitative estimate of drug-likeness (QED) is 0.158. The molecule has 1 aliphatic heterocycles. The SMILES string of the molecule is C=CCOC(=O)NCc1cccc(-c2ccc(C3OC(CN(C)C(C)c4ccccc4)C(C)C(c4ccc(CO)cc4)O3)cc2)c1. The lowest BCUT2D eigenvalue weighted by Gasteiger charge is -2.43. The second-order valence-electron chi connectivity index (χ2n) is 11.9. The van der Waals surface area contributed by atoms with Crippen LogP contribution in [0.15, 0.2) is 116 Å². The van der Waals surface area contributed by atoms with Gasteiger partial charge < -0.3 is 24.6 Å². The van der Waals surface area contributed by atoms with Gasteiger partial charge in [0.25, 0.3) is 0 Å². The number of carbonyl (C=O) groups excluding carboxylic acids is 1. The number of hydrogen-bond acceptors (Lipinski definition) is 6. The van der Waals surface area contributed by atoms with E-state index in [4.69, 9.17) is 14.2 Å².